The normalized spacial score (nSPS) is 9.75. The van der Waals surface area contributed by atoms with E-state index in [9.17, 15) is 4.79 Å². The van der Waals surface area contributed by atoms with Gasteiger partial charge in [-0.05, 0) is 17.3 Å². The van der Waals surface area contributed by atoms with Gasteiger partial charge in [0.25, 0.3) is 0 Å². The molecule has 2 rings (SSSR count). The number of hydrogen-bond acceptors (Lipinski definition) is 2. The first-order chi connectivity index (χ1) is 7.86. The molecule has 0 atom stereocenters. The molecule has 2 radical (unpaired) electrons. The lowest BCUT2D eigenvalue weighted by atomic mass is 10.2. The summed E-state index contributed by atoms with van der Waals surface area (Å²) in [7, 11) is 0.0608. The SMILES string of the molecule is O=C(O[Si]c1ccccc1)c1ccccc1. The minimum absolute atomic E-state index is 0.0608. The number of carbonyl (C=O) groups excluding carboxylic acids is 1. The molecule has 0 spiro atoms. The largest absolute Gasteiger partial charge is 0.508 e. The van der Waals surface area contributed by atoms with Gasteiger partial charge in [-0.25, -0.2) is 4.79 Å². The Labute approximate surface area is 96.8 Å². The second-order valence-electron chi connectivity index (χ2n) is 3.22. The molecular weight excluding hydrogens is 216 g/mol. The molecule has 2 aromatic carbocycles. The first-order valence-corrected chi connectivity index (χ1v) is 5.84. The van der Waals surface area contributed by atoms with Gasteiger partial charge in [0.05, 0.1) is 5.56 Å². The van der Waals surface area contributed by atoms with E-state index < -0.39 is 0 Å². The van der Waals surface area contributed by atoms with Gasteiger partial charge in [0.1, 0.15) is 0 Å². The quantitative estimate of drug-likeness (QED) is 0.746. The zero-order valence-corrected chi connectivity index (χ0v) is 9.59. The Morgan fingerprint density at radius 2 is 1.44 bits per heavy atom. The lowest BCUT2D eigenvalue weighted by molar-refractivity contribution is 0.0744. The molecular formula is C13H10O2Si. The lowest BCUT2D eigenvalue weighted by Gasteiger charge is -2.02. The molecule has 0 heterocycles. The van der Waals surface area contributed by atoms with Gasteiger partial charge in [-0.2, -0.15) is 0 Å². The van der Waals surface area contributed by atoms with Gasteiger partial charge in [-0.15, -0.1) is 0 Å². The van der Waals surface area contributed by atoms with Crippen molar-refractivity contribution < 1.29 is 9.22 Å². The van der Waals surface area contributed by atoms with Crippen molar-refractivity contribution in [2.24, 2.45) is 0 Å². The van der Waals surface area contributed by atoms with Gasteiger partial charge >= 0.3 is 15.7 Å². The van der Waals surface area contributed by atoms with Gasteiger partial charge < -0.3 is 4.43 Å². The fourth-order valence-electron chi connectivity index (χ4n) is 1.24. The van der Waals surface area contributed by atoms with E-state index in [0.717, 1.165) is 5.19 Å². The standard InChI is InChI=1S/C13H10O2Si/c14-13(11-7-3-1-4-8-11)15-16-12-9-5-2-6-10-12/h1-10H. The number of hydrogen-bond donors (Lipinski definition) is 0. The Hall–Kier alpha value is -1.87. The highest BCUT2D eigenvalue weighted by molar-refractivity contribution is 6.49. The predicted octanol–water partition coefficient (Wildman–Crippen LogP) is 1.79. The Balaban J connectivity index is 1.95. The molecule has 0 aromatic heterocycles. The predicted molar refractivity (Wildman–Crippen MR) is 63.7 cm³/mol. The van der Waals surface area contributed by atoms with Crippen molar-refractivity contribution >= 4 is 20.9 Å². The summed E-state index contributed by atoms with van der Waals surface area (Å²) in [6.07, 6.45) is 0. The third-order valence-corrected chi connectivity index (χ3v) is 2.90. The summed E-state index contributed by atoms with van der Waals surface area (Å²) in [5, 5.41) is 1.02. The lowest BCUT2D eigenvalue weighted by Crippen LogP contribution is -2.20. The topological polar surface area (TPSA) is 26.3 Å². The van der Waals surface area contributed by atoms with E-state index in [1.807, 2.05) is 48.5 Å². The smallest absolute Gasteiger partial charge is 0.355 e. The Morgan fingerprint density at radius 1 is 0.875 bits per heavy atom. The van der Waals surface area contributed by atoms with Gasteiger partial charge in [0.2, 0.25) is 0 Å². The summed E-state index contributed by atoms with van der Waals surface area (Å²) >= 11 is 0. The van der Waals surface area contributed by atoms with Crippen LogP contribution in [0.25, 0.3) is 0 Å². The fraction of sp³-hybridized carbons (Fsp3) is 0. The average molecular weight is 226 g/mol. The van der Waals surface area contributed by atoms with E-state index in [2.05, 4.69) is 0 Å². The van der Waals surface area contributed by atoms with E-state index >= 15 is 0 Å². The molecule has 3 heteroatoms. The third kappa shape index (κ3) is 2.81. The van der Waals surface area contributed by atoms with Crippen molar-refractivity contribution in [2.45, 2.75) is 0 Å². The summed E-state index contributed by atoms with van der Waals surface area (Å²) in [4.78, 5) is 11.6. The summed E-state index contributed by atoms with van der Waals surface area (Å²) < 4.78 is 5.20. The highest BCUT2D eigenvalue weighted by Crippen LogP contribution is 2.00. The summed E-state index contributed by atoms with van der Waals surface area (Å²) in [6.45, 7) is 0. The maximum atomic E-state index is 11.6. The summed E-state index contributed by atoms with van der Waals surface area (Å²) in [6, 6.07) is 18.7. The molecule has 0 fully saturated rings. The maximum absolute atomic E-state index is 11.6. The maximum Gasteiger partial charge on any atom is 0.355 e. The van der Waals surface area contributed by atoms with Crippen LogP contribution >= 0.6 is 0 Å². The van der Waals surface area contributed by atoms with Crippen LogP contribution < -0.4 is 5.19 Å². The molecule has 0 aliphatic rings. The van der Waals surface area contributed by atoms with Crippen LogP contribution in [0.4, 0.5) is 0 Å². The Bertz CT molecular complexity index is 454. The number of rotatable bonds is 3. The minimum Gasteiger partial charge on any atom is -0.508 e. The van der Waals surface area contributed by atoms with Crippen LogP contribution in [-0.4, -0.2) is 15.7 Å². The van der Waals surface area contributed by atoms with Gasteiger partial charge in [0.15, 0.2) is 0 Å². The molecule has 78 valence electrons. The van der Waals surface area contributed by atoms with Crippen molar-refractivity contribution in [3.63, 3.8) is 0 Å². The molecule has 0 unspecified atom stereocenters. The first-order valence-electron chi connectivity index (χ1n) is 4.93. The van der Waals surface area contributed by atoms with Crippen LogP contribution in [0.3, 0.4) is 0 Å². The van der Waals surface area contributed by atoms with Crippen LogP contribution in [0.15, 0.2) is 60.7 Å². The molecule has 0 bridgehead atoms. The van der Waals surface area contributed by atoms with E-state index in [-0.39, 0.29) is 15.7 Å². The van der Waals surface area contributed by atoms with Gasteiger partial charge in [0, 0.05) is 0 Å². The number of benzene rings is 2. The molecule has 0 aliphatic heterocycles. The third-order valence-electron chi connectivity index (χ3n) is 2.04. The van der Waals surface area contributed by atoms with Crippen LogP contribution in [0.2, 0.25) is 0 Å². The monoisotopic (exact) mass is 226 g/mol. The minimum atomic E-state index is -0.275. The van der Waals surface area contributed by atoms with E-state index in [4.69, 9.17) is 4.43 Å². The van der Waals surface area contributed by atoms with E-state index in [0.29, 0.717) is 5.56 Å². The fourth-order valence-corrected chi connectivity index (χ4v) is 1.90. The van der Waals surface area contributed by atoms with Crippen LogP contribution in [0.1, 0.15) is 10.4 Å². The zero-order chi connectivity index (χ0) is 11.2. The van der Waals surface area contributed by atoms with Crippen molar-refractivity contribution in [1.82, 2.24) is 0 Å². The Morgan fingerprint density at radius 3 is 2.06 bits per heavy atom. The van der Waals surface area contributed by atoms with Gasteiger partial charge in [-0.1, -0.05) is 48.5 Å². The highest BCUT2D eigenvalue weighted by Gasteiger charge is 2.06. The zero-order valence-electron chi connectivity index (χ0n) is 8.59. The molecule has 0 N–H and O–H groups in total. The molecule has 0 amide bonds. The molecule has 0 saturated heterocycles. The summed E-state index contributed by atoms with van der Waals surface area (Å²) in [5.41, 5.74) is 0.589. The van der Waals surface area contributed by atoms with Crippen molar-refractivity contribution in [1.29, 1.82) is 0 Å². The van der Waals surface area contributed by atoms with Crippen LogP contribution in [-0.2, 0) is 4.43 Å². The van der Waals surface area contributed by atoms with E-state index in [1.165, 1.54) is 0 Å². The number of carbonyl (C=O) groups is 1. The average Bonchev–Trinajstić information content (AvgIpc) is 2.38. The molecule has 0 aliphatic carbocycles. The van der Waals surface area contributed by atoms with Crippen molar-refractivity contribution in [2.75, 3.05) is 0 Å². The van der Waals surface area contributed by atoms with Gasteiger partial charge in [-0.3, -0.25) is 0 Å². The van der Waals surface area contributed by atoms with Crippen molar-refractivity contribution in [3.8, 4) is 0 Å². The second-order valence-corrected chi connectivity index (χ2v) is 4.21. The highest BCUT2D eigenvalue weighted by atomic mass is 28.2. The Kier molecular flexibility index (Phi) is 3.51. The first kappa shape index (κ1) is 10.6. The molecule has 16 heavy (non-hydrogen) atoms. The van der Waals surface area contributed by atoms with Crippen molar-refractivity contribution in [3.05, 3.63) is 66.2 Å². The van der Waals surface area contributed by atoms with E-state index in [1.54, 1.807) is 12.1 Å². The second kappa shape index (κ2) is 5.28. The molecule has 2 aromatic rings. The van der Waals surface area contributed by atoms with Crippen LogP contribution in [0, 0.1) is 0 Å². The molecule has 2 nitrogen and oxygen atoms in total. The summed E-state index contributed by atoms with van der Waals surface area (Å²) in [5.74, 6) is -0.275. The molecule has 0 saturated carbocycles. The van der Waals surface area contributed by atoms with Crippen LogP contribution in [0.5, 0.6) is 0 Å².